The first-order valence-electron chi connectivity index (χ1n) is 5.96. The monoisotopic (exact) mass is 333 g/mol. The van der Waals surface area contributed by atoms with Gasteiger partial charge < -0.3 is 5.73 Å². The first-order valence-corrected chi connectivity index (χ1v) is 7.82. The second-order valence-electron chi connectivity index (χ2n) is 4.15. The molecule has 0 saturated heterocycles. The lowest BCUT2D eigenvalue weighted by molar-refractivity contribution is 0.551. The fraction of sp³-hybridized carbons (Fsp3) is 0.273. The quantitative estimate of drug-likeness (QED) is 0.801. The van der Waals surface area contributed by atoms with E-state index < -0.39 is 15.8 Å². The van der Waals surface area contributed by atoms with E-state index in [9.17, 15) is 12.8 Å². The van der Waals surface area contributed by atoms with E-state index in [4.69, 9.17) is 17.3 Å². The molecular weight excluding hydrogens is 321 g/mol. The van der Waals surface area contributed by atoms with Crippen LogP contribution in [0.4, 0.5) is 4.39 Å². The molecule has 0 amide bonds. The van der Waals surface area contributed by atoms with Crippen molar-refractivity contribution in [2.24, 2.45) is 5.73 Å². The minimum atomic E-state index is -3.85. The summed E-state index contributed by atoms with van der Waals surface area (Å²) in [7, 11) is -3.85. The molecule has 114 valence electrons. The standard InChI is InChI=1S/C11H13ClFN5O2S/c12-11-8(7-14)5-9(6-10(11)13)21(19,20)16-2-4-18-3-1-15-17-18/h1,3,5-6,16H,2,4,7,14H2. The van der Waals surface area contributed by atoms with E-state index in [-0.39, 0.29) is 28.6 Å². The number of benzene rings is 1. The van der Waals surface area contributed by atoms with E-state index in [0.717, 1.165) is 6.07 Å². The molecule has 0 fully saturated rings. The Balaban J connectivity index is 2.13. The van der Waals surface area contributed by atoms with Gasteiger partial charge in [0.1, 0.15) is 5.82 Å². The average Bonchev–Trinajstić information content (AvgIpc) is 2.94. The summed E-state index contributed by atoms with van der Waals surface area (Å²) in [6.07, 6.45) is 3.08. The van der Waals surface area contributed by atoms with Gasteiger partial charge in [0, 0.05) is 19.3 Å². The SMILES string of the molecule is NCc1cc(S(=O)(=O)NCCn2ccnn2)cc(F)c1Cl. The van der Waals surface area contributed by atoms with Gasteiger partial charge in [0.25, 0.3) is 0 Å². The summed E-state index contributed by atoms with van der Waals surface area (Å²) in [5.74, 6) is -0.823. The molecule has 2 rings (SSSR count). The molecule has 10 heteroatoms. The normalized spacial score (nSPS) is 11.8. The van der Waals surface area contributed by atoms with E-state index in [1.54, 1.807) is 6.20 Å². The molecular formula is C11H13ClFN5O2S. The maximum atomic E-state index is 13.6. The lowest BCUT2D eigenvalue weighted by Gasteiger charge is -2.10. The number of nitrogens with one attached hydrogen (secondary N) is 1. The molecule has 1 heterocycles. The first-order chi connectivity index (χ1) is 9.94. The number of hydrogen-bond acceptors (Lipinski definition) is 5. The van der Waals surface area contributed by atoms with Crippen molar-refractivity contribution in [2.45, 2.75) is 18.0 Å². The molecule has 0 radical (unpaired) electrons. The molecule has 1 aromatic heterocycles. The van der Waals surface area contributed by atoms with Crippen molar-refractivity contribution in [3.8, 4) is 0 Å². The largest absolute Gasteiger partial charge is 0.326 e. The van der Waals surface area contributed by atoms with Crippen molar-refractivity contribution in [2.75, 3.05) is 6.54 Å². The van der Waals surface area contributed by atoms with Gasteiger partial charge in [-0.15, -0.1) is 5.10 Å². The zero-order valence-electron chi connectivity index (χ0n) is 10.8. The van der Waals surface area contributed by atoms with Gasteiger partial charge in [0.05, 0.1) is 22.7 Å². The molecule has 3 N–H and O–H groups in total. The Kier molecular flexibility index (Phi) is 4.88. The zero-order valence-corrected chi connectivity index (χ0v) is 12.4. The second kappa shape index (κ2) is 6.48. The zero-order chi connectivity index (χ0) is 15.5. The molecule has 0 atom stereocenters. The molecule has 2 aromatic rings. The molecule has 21 heavy (non-hydrogen) atoms. The summed E-state index contributed by atoms with van der Waals surface area (Å²) in [6.45, 7) is 0.338. The summed E-state index contributed by atoms with van der Waals surface area (Å²) in [6, 6.07) is 2.11. The molecule has 0 aliphatic heterocycles. The van der Waals surface area contributed by atoms with Crippen molar-refractivity contribution in [1.29, 1.82) is 0 Å². The number of hydrogen-bond donors (Lipinski definition) is 2. The van der Waals surface area contributed by atoms with Crippen LogP contribution in [0, 0.1) is 5.82 Å². The maximum absolute atomic E-state index is 13.6. The van der Waals surface area contributed by atoms with Gasteiger partial charge in [-0.1, -0.05) is 16.8 Å². The van der Waals surface area contributed by atoms with E-state index in [0.29, 0.717) is 6.54 Å². The van der Waals surface area contributed by atoms with Crippen LogP contribution in [0.5, 0.6) is 0 Å². The second-order valence-corrected chi connectivity index (χ2v) is 6.29. The molecule has 7 nitrogen and oxygen atoms in total. The lowest BCUT2D eigenvalue weighted by atomic mass is 10.2. The van der Waals surface area contributed by atoms with Crippen LogP contribution >= 0.6 is 11.6 Å². The topological polar surface area (TPSA) is 103 Å². The lowest BCUT2D eigenvalue weighted by Crippen LogP contribution is -2.28. The van der Waals surface area contributed by atoms with Crippen LogP contribution < -0.4 is 10.5 Å². The van der Waals surface area contributed by atoms with Crippen molar-refractivity contribution < 1.29 is 12.8 Å². The molecule has 0 aliphatic rings. The van der Waals surface area contributed by atoms with Gasteiger partial charge in [0.15, 0.2) is 0 Å². The average molecular weight is 334 g/mol. The Morgan fingerprint density at radius 1 is 1.43 bits per heavy atom. The van der Waals surface area contributed by atoms with Crippen LogP contribution in [0.25, 0.3) is 0 Å². The van der Waals surface area contributed by atoms with Gasteiger partial charge in [-0.2, -0.15) is 0 Å². The number of aromatic nitrogens is 3. The first kappa shape index (κ1) is 15.8. The Morgan fingerprint density at radius 3 is 2.81 bits per heavy atom. The van der Waals surface area contributed by atoms with Crippen LogP contribution in [-0.2, 0) is 23.1 Å². The Bertz CT molecular complexity index is 720. The molecule has 0 spiro atoms. The highest BCUT2D eigenvalue weighted by atomic mass is 35.5. The fourth-order valence-corrected chi connectivity index (χ4v) is 2.92. The summed E-state index contributed by atoms with van der Waals surface area (Å²) in [5.41, 5.74) is 5.64. The van der Waals surface area contributed by atoms with E-state index in [2.05, 4.69) is 15.0 Å². The van der Waals surface area contributed by atoms with E-state index in [1.165, 1.54) is 16.9 Å². The number of nitrogens with two attached hydrogens (primary N) is 1. The van der Waals surface area contributed by atoms with Crippen LogP contribution in [-0.4, -0.2) is 30.0 Å². The van der Waals surface area contributed by atoms with Crippen LogP contribution in [0.15, 0.2) is 29.4 Å². The van der Waals surface area contributed by atoms with E-state index in [1.807, 2.05) is 0 Å². The van der Waals surface area contributed by atoms with E-state index >= 15 is 0 Å². The Morgan fingerprint density at radius 2 is 2.19 bits per heavy atom. The highest BCUT2D eigenvalue weighted by Gasteiger charge is 2.18. The third-order valence-corrected chi connectivity index (χ3v) is 4.58. The Hall–Kier alpha value is -1.55. The van der Waals surface area contributed by atoms with Crippen molar-refractivity contribution in [3.05, 3.63) is 40.9 Å². The predicted octanol–water partition coefficient (Wildman–Crippen LogP) is 0.508. The predicted molar refractivity (Wildman–Crippen MR) is 74.5 cm³/mol. The smallest absolute Gasteiger partial charge is 0.240 e. The summed E-state index contributed by atoms with van der Waals surface area (Å²) in [5, 5.41) is 7.13. The van der Waals surface area contributed by atoms with Crippen molar-refractivity contribution >= 4 is 21.6 Å². The summed E-state index contributed by atoms with van der Waals surface area (Å²) >= 11 is 5.70. The third kappa shape index (κ3) is 3.76. The van der Waals surface area contributed by atoms with Gasteiger partial charge in [-0.25, -0.2) is 17.5 Å². The van der Waals surface area contributed by atoms with Gasteiger partial charge in [0.2, 0.25) is 10.0 Å². The molecule has 0 saturated carbocycles. The summed E-state index contributed by atoms with van der Waals surface area (Å²) in [4.78, 5) is -0.219. The Labute approximate surface area is 125 Å². The third-order valence-electron chi connectivity index (χ3n) is 2.71. The fourth-order valence-electron chi connectivity index (χ4n) is 1.65. The molecule has 0 aliphatic carbocycles. The maximum Gasteiger partial charge on any atom is 0.240 e. The molecule has 1 aromatic carbocycles. The van der Waals surface area contributed by atoms with Gasteiger partial charge in [-0.3, -0.25) is 4.68 Å². The number of halogens is 2. The highest BCUT2D eigenvalue weighted by molar-refractivity contribution is 7.89. The van der Waals surface area contributed by atoms with Gasteiger partial charge in [-0.05, 0) is 17.7 Å². The van der Waals surface area contributed by atoms with Crippen LogP contribution in [0.2, 0.25) is 5.02 Å². The molecule has 0 bridgehead atoms. The van der Waals surface area contributed by atoms with Crippen LogP contribution in [0.1, 0.15) is 5.56 Å². The van der Waals surface area contributed by atoms with Crippen molar-refractivity contribution in [3.63, 3.8) is 0 Å². The van der Waals surface area contributed by atoms with Crippen LogP contribution in [0.3, 0.4) is 0 Å². The van der Waals surface area contributed by atoms with Gasteiger partial charge >= 0.3 is 0 Å². The molecule has 0 unspecified atom stereocenters. The minimum absolute atomic E-state index is 0.0575. The number of nitrogens with zero attached hydrogens (tertiary/aromatic N) is 3. The number of rotatable bonds is 6. The summed E-state index contributed by atoms with van der Waals surface area (Å²) < 4.78 is 41.6. The highest BCUT2D eigenvalue weighted by Crippen LogP contribution is 2.24. The van der Waals surface area contributed by atoms with Crippen molar-refractivity contribution in [1.82, 2.24) is 19.7 Å². The number of sulfonamides is 1. The minimum Gasteiger partial charge on any atom is -0.326 e.